The van der Waals surface area contributed by atoms with E-state index in [-0.39, 0.29) is 0 Å². The van der Waals surface area contributed by atoms with Gasteiger partial charge in [0.1, 0.15) is 0 Å². The first kappa shape index (κ1) is 32.9. The zero-order chi connectivity index (χ0) is 36.1. The van der Waals surface area contributed by atoms with Crippen molar-refractivity contribution < 1.29 is 0 Å². The average molecular weight is 692 g/mol. The van der Waals surface area contributed by atoms with Crippen LogP contribution < -0.4 is 0 Å². The topological polar surface area (TPSA) is 38.7 Å². The number of hydrogen-bond acceptors (Lipinski definition) is 3. The van der Waals surface area contributed by atoms with Crippen molar-refractivity contribution in [1.82, 2.24) is 15.0 Å². The molecule has 0 unspecified atom stereocenters. The number of nitrogens with zero attached hydrogens (tertiary/aromatic N) is 3. The van der Waals surface area contributed by atoms with Crippen LogP contribution >= 0.6 is 0 Å². The van der Waals surface area contributed by atoms with Crippen molar-refractivity contribution in [1.29, 1.82) is 0 Å². The van der Waals surface area contributed by atoms with Gasteiger partial charge in [0.05, 0.1) is 0 Å². The lowest BCUT2D eigenvalue weighted by atomic mass is 9.91. The first-order valence-corrected chi connectivity index (χ1v) is 18.5. The number of rotatable bonds is 8. The van der Waals surface area contributed by atoms with E-state index >= 15 is 0 Å². The molecular weight excluding hydrogens is 655 g/mol. The smallest absolute Gasteiger partial charge is 0.164 e. The third-order valence-electron chi connectivity index (χ3n) is 10.1. The van der Waals surface area contributed by atoms with Gasteiger partial charge in [0.15, 0.2) is 17.5 Å². The van der Waals surface area contributed by atoms with Crippen LogP contribution in [0.1, 0.15) is 18.4 Å². The predicted molar refractivity (Wildman–Crippen MR) is 224 cm³/mol. The molecule has 0 saturated carbocycles. The lowest BCUT2D eigenvalue weighted by molar-refractivity contribution is 1.05. The number of benzene rings is 7. The normalized spacial score (nSPS) is 12.3. The minimum absolute atomic E-state index is 0.629. The van der Waals surface area contributed by atoms with Crippen LogP contribution in [0.2, 0.25) is 0 Å². The summed E-state index contributed by atoms with van der Waals surface area (Å²) >= 11 is 0. The van der Waals surface area contributed by atoms with Gasteiger partial charge in [0.2, 0.25) is 0 Å². The Labute approximate surface area is 316 Å². The van der Waals surface area contributed by atoms with Gasteiger partial charge < -0.3 is 0 Å². The lowest BCUT2D eigenvalue weighted by Gasteiger charge is -2.17. The number of hydrogen-bond donors (Lipinski definition) is 0. The Morgan fingerprint density at radius 2 is 0.815 bits per heavy atom. The molecule has 3 heteroatoms. The molecule has 0 N–H and O–H groups in total. The summed E-state index contributed by atoms with van der Waals surface area (Å²) in [5.74, 6) is 1.90. The fraction of sp³-hybridized carbons (Fsp3) is 0.0392. The quantitative estimate of drug-likeness (QED) is 0.159. The largest absolute Gasteiger partial charge is 0.208 e. The molecule has 54 heavy (non-hydrogen) atoms. The fourth-order valence-electron chi connectivity index (χ4n) is 7.35. The van der Waals surface area contributed by atoms with E-state index < -0.39 is 0 Å². The third-order valence-corrected chi connectivity index (χ3v) is 10.1. The van der Waals surface area contributed by atoms with E-state index in [1.54, 1.807) is 0 Å². The van der Waals surface area contributed by atoms with Gasteiger partial charge in [0.25, 0.3) is 0 Å². The minimum atomic E-state index is 0.629. The van der Waals surface area contributed by atoms with E-state index in [0.717, 1.165) is 74.0 Å². The molecule has 8 aromatic rings. The average Bonchev–Trinajstić information content (AvgIpc) is 3.27. The summed E-state index contributed by atoms with van der Waals surface area (Å²) in [6, 6.07) is 63.9. The molecule has 1 heterocycles. The molecule has 1 aliphatic carbocycles. The van der Waals surface area contributed by atoms with Gasteiger partial charge in [-0.15, -0.1) is 0 Å². The molecule has 3 nitrogen and oxygen atoms in total. The first-order chi connectivity index (χ1) is 26.8. The molecule has 7 aromatic carbocycles. The van der Waals surface area contributed by atoms with Gasteiger partial charge in [-0.05, 0) is 86.7 Å². The van der Waals surface area contributed by atoms with Crippen LogP contribution in [-0.2, 0) is 0 Å². The molecule has 0 aliphatic heterocycles. The van der Waals surface area contributed by atoms with E-state index in [9.17, 15) is 0 Å². The van der Waals surface area contributed by atoms with Crippen LogP contribution in [0.5, 0.6) is 0 Å². The van der Waals surface area contributed by atoms with Crippen LogP contribution in [0.15, 0.2) is 200 Å². The van der Waals surface area contributed by atoms with Gasteiger partial charge >= 0.3 is 0 Å². The molecule has 0 saturated heterocycles. The standard InChI is InChI=1S/C51H37N3/c1-5-18-36(19-6-1)40-26-17-27-42(34-40)49-52-50(46-31-16-15-30-45(46)44-29-14-13-28-43(44)38-22-9-3-10-23-38)54-51(53-49)47-33-32-41(37-20-7-2-8-21-37)35-48(47)39-24-11-4-12-25-39/h1-5,7-18,20-35H,6,19H2. The molecule has 256 valence electrons. The molecular formula is C51H37N3. The first-order valence-electron chi connectivity index (χ1n) is 18.5. The Morgan fingerprint density at radius 1 is 0.315 bits per heavy atom. The summed E-state index contributed by atoms with van der Waals surface area (Å²) in [5.41, 5.74) is 14.3. The van der Waals surface area contributed by atoms with Gasteiger partial charge in [-0.25, -0.2) is 15.0 Å². The zero-order valence-electron chi connectivity index (χ0n) is 29.8. The molecule has 1 aromatic heterocycles. The van der Waals surface area contributed by atoms with Crippen LogP contribution in [0, 0.1) is 0 Å². The monoisotopic (exact) mass is 691 g/mol. The summed E-state index contributed by atoms with van der Waals surface area (Å²) in [6.07, 6.45) is 8.64. The van der Waals surface area contributed by atoms with Gasteiger partial charge in [-0.2, -0.15) is 0 Å². The van der Waals surface area contributed by atoms with Gasteiger partial charge in [-0.3, -0.25) is 0 Å². The van der Waals surface area contributed by atoms with E-state index in [2.05, 4.69) is 200 Å². The maximum atomic E-state index is 5.35. The molecule has 0 spiro atoms. The summed E-state index contributed by atoms with van der Waals surface area (Å²) in [7, 11) is 0. The number of allylic oxidation sites excluding steroid dienone is 4. The molecule has 1 aliphatic rings. The molecule has 0 radical (unpaired) electrons. The van der Waals surface area contributed by atoms with Gasteiger partial charge in [-0.1, -0.05) is 182 Å². The van der Waals surface area contributed by atoms with Crippen LogP contribution in [0.25, 0.3) is 84.2 Å². The predicted octanol–water partition coefficient (Wildman–Crippen LogP) is 13.3. The van der Waals surface area contributed by atoms with Crippen molar-refractivity contribution in [3.63, 3.8) is 0 Å². The second-order valence-electron chi connectivity index (χ2n) is 13.5. The van der Waals surface area contributed by atoms with Crippen molar-refractivity contribution in [2.24, 2.45) is 0 Å². The molecule has 0 fully saturated rings. The fourth-order valence-corrected chi connectivity index (χ4v) is 7.35. The minimum Gasteiger partial charge on any atom is -0.208 e. The highest BCUT2D eigenvalue weighted by Crippen LogP contribution is 2.40. The maximum Gasteiger partial charge on any atom is 0.164 e. The maximum absolute atomic E-state index is 5.35. The van der Waals surface area contributed by atoms with Crippen molar-refractivity contribution in [3.05, 3.63) is 206 Å². The van der Waals surface area contributed by atoms with Crippen LogP contribution in [0.3, 0.4) is 0 Å². The second kappa shape index (κ2) is 14.9. The van der Waals surface area contributed by atoms with Crippen molar-refractivity contribution in [2.75, 3.05) is 0 Å². The Bertz CT molecular complexity index is 2640. The molecule has 0 amide bonds. The summed E-state index contributed by atoms with van der Waals surface area (Å²) in [4.78, 5) is 15.9. The third kappa shape index (κ3) is 6.71. The highest BCUT2D eigenvalue weighted by Gasteiger charge is 2.20. The number of aromatic nitrogens is 3. The molecule has 0 atom stereocenters. The molecule has 0 bridgehead atoms. The Balaban J connectivity index is 1.27. The zero-order valence-corrected chi connectivity index (χ0v) is 29.8. The summed E-state index contributed by atoms with van der Waals surface area (Å²) in [6.45, 7) is 0. The Kier molecular flexibility index (Phi) is 9.11. The lowest BCUT2D eigenvalue weighted by Crippen LogP contribution is -2.02. The van der Waals surface area contributed by atoms with Crippen molar-refractivity contribution in [2.45, 2.75) is 12.8 Å². The van der Waals surface area contributed by atoms with E-state index in [0.29, 0.717) is 17.5 Å². The SMILES string of the molecule is C1=CCCC(c2cccc(-c3nc(-c4ccc(-c5ccccc5)cc4-c4ccccc4)nc(-c4ccccc4-c4ccccc4-c4ccccc4)n3)c2)=C1. The van der Waals surface area contributed by atoms with Crippen LogP contribution in [-0.4, -0.2) is 15.0 Å². The highest BCUT2D eigenvalue weighted by molar-refractivity contribution is 5.91. The molecule has 9 rings (SSSR count). The summed E-state index contributed by atoms with van der Waals surface area (Å²) < 4.78 is 0. The van der Waals surface area contributed by atoms with Crippen molar-refractivity contribution >= 4 is 5.57 Å². The van der Waals surface area contributed by atoms with E-state index in [4.69, 9.17) is 15.0 Å². The Hall–Kier alpha value is -6.97. The van der Waals surface area contributed by atoms with Crippen LogP contribution in [0.4, 0.5) is 0 Å². The summed E-state index contributed by atoms with van der Waals surface area (Å²) in [5, 5.41) is 0. The van der Waals surface area contributed by atoms with Crippen molar-refractivity contribution in [3.8, 4) is 78.7 Å². The van der Waals surface area contributed by atoms with Gasteiger partial charge in [0, 0.05) is 16.7 Å². The highest BCUT2D eigenvalue weighted by atomic mass is 15.0. The second-order valence-corrected chi connectivity index (χ2v) is 13.5. The Morgan fingerprint density at radius 3 is 1.46 bits per heavy atom. The van der Waals surface area contributed by atoms with E-state index in [1.165, 1.54) is 11.1 Å². The van der Waals surface area contributed by atoms with E-state index in [1.807, 2.05) is 0 Å².